The van der Waals surface area contributed by atoms with E-state index in [1.165, 1.54) is 4.57 Å². The molecule has 1 heterocycles. The minimum absolute atomic E-state index is 0.159. The summed E-state index contributed by atoms with van der Waals surface area (Å²) in [4.78, 5) is 44.4. The fourth-order valence-corrected chi connectivity index (χ4v) is 4.31. The Morgan fingerprint density at radius 1 is 0.946 bits per heavy atom. The standard InChI is InChI=1S/C30H32N4O3/c1-6-21-15-16-24(31-27(35)7-2)22(17-21)28-30(37)34(26-14-9-8-12-25(26)32-28)20(5)29(36)33-23-13-10-11-18(3)19(23)4/h8-17,20H,6-7H2,1-5H3,(H,31,35)(H,33,36). The Labute approximate surface area is 216 Å². The summed E-state index contributed by atoms with van der Waals surface area (Å²) in [5.74, 6) is -0.465. The van der Waals surface area contributed by atoms with Crippen LogP contribution in [0.25, 0.3) is 22.3 Å². The molecule has 0 bridgehead atoms. The van der Waals surface area contributed by atoms with Crippen molar-refractivity contribution in [2.45, 2.75) is 53.5 Å². The first-order valence-electron chi connectivity index (χ1n) is 12.6. The number of rotatable bonds is 7. The second-order valence-electron chi connectivity index (χ2n) is 9.17. The maximum atomic E-state index is 14.0. The number of para-hydroxylation sites is 2. The molecule has 4 aromatic rings. The van der Waals surface area contributed by atoms with Crippen LogP contribution in [0.3, 0.4) is 0 Å². The lowest BCUT2D eigenvalue weighted by atomic mass is 10.0. The van der Waals surface area contributed by atoms with Gasteiger partial charge in [0.25, 0.3) is 5.56 Å². The lowest BCUT2D eigenvalue weighted by molar-refractivity contribution is -0.119. The number of hydrogen-bond acceptors (Lipinski definition) is 4. The quantitative estimate of drug-likeness (QED) is 0.339. The van der Waals surface area contributed by atoms with Gasteiger partial charge in [-0.05, 0) is 74.2 Å². The van der Waals surface area contributed by atoms with Gasteiger partial charge in [-0.25, -0.2) is 4.98 Å². The van der Waals surface area contributed by atoms with Gasteiger partial charge < -0.3 is 10.6 Å². The molecule has 0 aliphatic rings. The maximum absolute atomic E-state index is 14.0. The van der Waals surface area contributed by atoms with E-state index in [1.54, 1.807) is 26.0 Å². The van der Waals surface area contributed by atoms with Gasteiger partial charge in [-0.2, -0.15) is 0 Å². The van der Waals surface area contributed by atoms with Crippen LogP contribution in [0.1, 0.15) is 49.9 Å². The van der Waals surface area contributed by atoms with Crippen molar-refractivity contribution in [3.05, 3.63) is 87.7 Å². The van der Waals surface area contributed by atoms with Crippen molar-refractivity contribution >= 4 is 34.2 Å². The minimum atomic E-state index is -0.817. The molecule has 4 rings (SSSR count). The summed E-state index contributed by atoms with van der Waals surface area (Å²) >= 11 is 0. The fraction of sp³-hybridized carbons (Fsp3) is 0.267. The zero-order valence-corrected chi connectivity index (χ0v) is 21.9. The molecule has 0 aliphatic carbocycles. The van der Waals surface area contributed by atoms with Crippen LogP contribution < -0.4 is 16.2 Å². The van der Waals surface area contributed by atoms with Gasteiger partial charge in [0, 0.05) is 17.7 Å². The number of aromatic nitrogens is 2. The summed E-state index contributed by atoms with van der Waals surface area (Å²) in [7, 11) is 0. The molecule has 37 heavy (non-hydrogen) atoms. The third-order valence-electron chi connectivity index (χ3n) is 6.77. The van der Waals surface area contributed by atoms with Gasteiger partial charge >= 0.3 is 0 Å². The number of carbonyl (C=O) groups is 2. The Bertz CT molecular complexity index is 1550. The van der Waals surface area contributed by atoms with Gasteiger partial charge in [-0.15, -0.1) is 0 Å². The maximum Gasteiger partial charge on any atom is 0.278 e. The van der Waals surface area contributed by atoms with Crippen LogP contribution in [0.2, 0.25) is 0 Å². The van der Waals surface area contributed by atoms with Gasteiger partial charge in [0.1, 0.15) is 11.7 Å². The van der Waals surface area contributed by atoms with Crippen LogP contribution in [0, 0.1) is 13.8 Å². The molecule has 1 aromatic heterocycles. The van der Waals surface area contributed by atoms with Gasteiger partial charge in [0.05, 0.1) is 16.7 Å². The van der Waals surface area contributed by atoms with Crippen LogP contribution in [0.15, 0.2) is 65.5 Å². The van der Waals surface area contributed by atoms with Crippen LogP contribution in [-0.2, 0) is 16.0 Å². The van der Waals surface area contributed by atoms with E-state index in [0.29, 0.717) is 34.4 Å². The highest BCUT2D eigenvalue weighted by molar-refractivity contribution is 5.97. The van der Waals surface area contributed by atoms with Crippen LogP contribution >= 0.6 is 0 Å². The zero-order chi connectivity index (χ0) is 26.7. The number of aryl methyl sites for hydroxylation is 2. The Hall–Kier alpha value is -4.26. The Morgan fingerprint density at radius 2 is 1.70 bits per heavy atom. The van der Waals surface area contributed by atoms with Gasteiger partial charge in [0.15, 0.2) is 0 Å². The highest BCUT2D eigenvalue weighted by Crippen LogP contribution is 2.29. The second kappa shape index (κ2) is 10.8. The number of amides is 2. The average Bonchev–Trinajstić information content (AvgIpc) is 2.90. The van der Waals surface area contributed by atoms with Crippen LogP contribution in [0.5, 0.6) is 0 Å². The molecule has 0 fully saturated rings. The van der Waals surface area contributed by atoms with Crippen LogP contribution in [0.4, 0.5) is 11.4 Å². The smallest absolute Gasteiger partial charge is 0.278 e. The highest BCUT2D eigenvalue weighted by Gasteiger charge is 2.24. The average molecular weight is 497 g/mol. The van der Waals surface area contributed by atoms with Crippen molar-refractivity contribution in [3.8, 4) is 11.3 Å². The topological polar surface area (TPSA) is 93.1 Å². The summed E-state index contributed by atoms with van der Waals surface area (Å²) < 4.78 is 1.49. The molecule has 190 valence electrons. The van der Waals surface area contributed by atoms with Crippen molar-refractivity contribution in [2.24, 2.45) is 0 Å². The molecule has 0 spiro atoms. The normalized spacial score (nSPS) is 11.8. The van der Waals surface area contributed by atoms with E-state index < -0.39 is 11.6 Å². The molecule has 0 radical (unpaired) electrons. The van der Waals surface area contributed by atoms with Crippen LogP contribution in [-0.4, -0.2) is 21.4 Å². The number of hydrogen-bond donors (Lipinski definition) is 2. The van der Waals surface area contributed by atoms with Gasteiger partial charge in [-0.1, -0.05) is 44.2 Å². The molecule has 7 nitrogen and oxygen atoms in total. The number of carbonyl (C=O) groups excluding carboxylic acids is 2. The van der Waals surface area contributed by atoms with E-state index in [1.807, 2.05) is 69.3 Å². The van der Waals surface area contributed by atoms with E-state index in [2.05, 4.69) is 10.6 Å². The summed E-state index contributed by atoms with van der Waals surface area (Å²) in [5.41, 5.74) is 5.74. The fourth-order valence-electron chi connectivity index (χ4n) is 4.31. The lowest BCUT2D eigenvalue weighted by Crippen LogP contribution is -2.33. The predicted molar refractivity (Wildman–Crippen MR) is 149 cm³/mol. The molecule has 0 saturated heterocycles. The molecule has 2 N–H and O–H groups in total. The predicted octanol–water partition coefficient (Wildman–Crippen LogP) is 5.79. The van der Waals surface area contributed by atoms with E-state index in [0.717, 1.165) is 23.1 Å². The molecular formula is C30H32N4O3. The number of nitrogens with one attached hydrogen (secondary N) is 2. The zero-order valence-electron chi connectivity index (χ0n) is 21.9. The van der Waals surface area contributed by atoms with Gasteiger partial charge in [0.2, 0.25) is 11.8 Å². The highest BCUT2D eigenvalue weighted by atomic mass is 16.2. The van der Waals surface area contributed by atoms with Crippen molar-refractivity contribution < 1.29 is 9.59 Å². The van der Waals surface area contributed by atoms with Crippen molar-refractivity contribution in [1.29, 1.82) is 0 Å². The van der Waals surface area contributed by atoms with Crippen molar-refractivity contribution in [1.82, 2.24) is 9.55 Å². The van der Waals surface area contributed by atoms with E-state index >= 15 is 0 Å². The second-order valence-corrected chi connectivity index (χ2v) is 9.17. The molecule has 0 aliphatic heterocycles. The summed E-state index contributed by atoms with van der Waals surface area (Å²) in [6.07, 6.45) is 1.06. The molecular weight excluding hydrogens is 464 g/mol. The molecule has 2 amide bonds. The first-order valence-corrected chi connectivity index (χ1v) is 12.6. The molecule has 0 saturated carbocycles. The van der Waals surface area contributed by atoms with Crippen molar-refractivity contribution in [3.63, 3.8) is 0 Å². The first-order chi connectivity index (χ1) is 17.7. The Kier molecular flexibility index (Phi) is 7.53. The van der Waals surface area contributed by atoms with E-state index in [9.17, 15) is 14.4 Å². The Morgan fingerprint density at radius 3 is 2.43 bits per heavy atom. The summed E-state index contributed by atoms with van der Waals surface area (Å²) in [6, 6.07) is 17.8. The number of fused-ring (bicyclic) bond motifs is 1. The lowest BCUT2D eigenvalue weighted by Gasteiger charge is -2.20. The SMILES string of the molecule is CCC(=O)Nc1ccc(CC)cc1-c1nc2ccccc2n(C(C)C(=O)Nc2cccc(C)c2C)c1=O. The number of anilines is 2. The molecule has 1 atom stereocenters. The third kappa shape index (κ3) is 5.16. The molecule has 7 heteroatoms. The van der Waals surface area contributed by atoms with Crippen molar-refractivity contribution in [2.75, 3.05) is 10.6 Å². The molecule has 3 aromatic carbocycles. The minimum Gasteiger partial charge on any atom is -0.325 e. The molecule has 1 unspecified atom stereocenters. The van der Waals surface area contributed by atoms with E-state index in [-0.39, 0.29) is 17.5 Å². The van der Waals surface area contributed by atoms with Gasteiger partial charge in [-0.3, -0.25) is 19.0 Å². The summed E-state index contributed by atoms with van der Waals surface area (Å²) in [5, 5.41) is 5.88. The number of nitrogens with zero attached hydrogens (tertiary/aromatic N) is 2. The van der Waals surface area contributed by atoms with E-state index in [4.69, 9.17) is 4.98 Å². The largest absolute Gasteiger partial charge is 0.325 e. The third-order valence-corrected chi connectivity index (χ3v) is 6.77. The number of benzene rings is 3. The Balaban J connectivity index is 1.88. The first kappa shape index (κ1) is 25.8. The summed E-state index contributed by atoms with van der Waals surface area (Å²) in [6.45, 7) is 9.44. The monoisotopic (exact) mass is 496 g/mol.